The minimum atomic E-state index is 0. The average Bonchev–Trinajstić information content (AvgIpc) is 3.06. The maximum atomic E-state index is 12.3. The maximum Gasteiger partial charge on any atom is 0.238 e. The van der Waals surface area contributed by atoms with Crippen LogP contribution in [-0.2, 0) is 4.79 Å². The molecule has 0 spiro atoms. The molecule has 0 aliphatic carbocycles. The van der Waals surface area contributed by atoms with Crippen LogP contribution in [0.15, 0.2) is 18.2 Å². The molecule has 1 aromatic rings. The first-order valence-electron chi connectivity index (χ1n) is 8.66. The van der Waals surface area contributed by atoms with E-state index < -0.39 is 0 Å². The Morgan fingerprint density at radius 1 is 1.21 bits per heavy atom. The third-order valence-electron chi connectivity index (χ3n) is 5.07. The molecule has 2 fully saturated rings. The van der Waals surface area contributed by atoms with Crippen molar-refractivity contribution in [1.82, 2.24) is 15.1 Å². The lowest BCUT2D eigenvalue weighted by Crippen LogP contribution is -2.52. The lowest BCUT2D eigenvalue weighted by atomic mass is 10.1. The minimum Gasteiger partial charge on any atom is -0.324 e. The fourth-order valence-corrected chi connectivity index (χ4v) is 3.63. The molecule has 0 saturated carbocycles. The fourth-order valence-electron chi connectivity index (χ4n) is 3.63. The summed E-state index contributed by atoms with van der Waals surface area (Å²) in [6, 6.07) is 6.80. The number of nitrogens with one attached hydrogen (secondary N) is 2. The molecule has 5 nitrogen and oxygen atoms in total. The van der Waals surface area contributed by atoms with E-state index in [4.69, 9.17) is 0 Å². The van der Waals surface area contributed by atoms with Gasteiger partial charge in [0.25, 0.3) is 0 Å². The predicted molar refractivity (Wildman–Crippen MR) is 101 cm³/mol. The maximum absolute atomic E-state index is 12.3. The lowest BCUT2D eigenvalue weighted by Gasteiger charge is -2.37. The van der Waals surface area contributed by atoms with Gasteiger partial charge in [0, 0.05) is 44.5 Å². The summed E-state index contributed by atoms with van der Waals surface area (Å²) in [5, 5.41) is 6.52. The number of halogens is 1. The van der Waals surface area contributed by atoms with Gasteiger partial charge in [0.15, 0.2) is 0 Å². The van der Waals surface area contributed by atoms with E-state index in [1.807, 2.05) is 32.0 Å². The monoisotopic (exact) mass is 352 g/mol. The first-order chi connectivity index (χ1) is 11.1. The van der Waals surface area contributed by atoms with Gasteiger partial charge in [0.2, 0.25) is 5.91 Å². The molecular weight excluding hydrogens is 324 g/mol. The number of amides is 1. The van der Waals surface area contributed by atoms with Crippen molar-refractivity contribution in [3.63, 3.8) is 0 Å². The van der Waals surface area contributed by atoms with Crippen molar-refractivity contribution in [3.8, 4) is 0 Å². The van der Waals surface area contributed by atoms with Crippen LogP contribution in [0.4, 0.5) is 5.69 Å². The van der Waals surface area contributed by atoms with Crippen LogP contribution >= 0.6 is 12.4 Å². The highest BCUT2D eigenvalue weighted by Crippen LogP contribution is 2.19. The van der Waals surface area contributed by atoms with Crippen LogP contribution in [0.2, 0.25) is 0 Å². The molecule has 0 radical (unpaired) electrons. The highest BCUT2D eigenvalue weighted by Gasteiger charge is 2.26. The van der Waals surface area contributed by atoms with Crippen LogP contribution in [0.3, 0.4) is 0 Å². The van der Waals surface area contributed by atoms with E-state index in [9.17, 15) is 4.79 Å². The van der Waals surface area contributed by atoms with E-state index in [-0.39, 0.29) is 18.3 Å². The standard InChI is InChI=1S/C18H28N4O.ClH/c1-14-4-3-5-15(2)18(14)20-17(23)13-21-8-10-22(11-9-21)16-6-7-19-12-16;/h3-5,16,19H,6-13H2,1-2H3,(H,20,23);1H. The number of aryl methyl sites for hydroxylation is 2. The number of piperazine rings is 1. The van der Waals surface area contributed by atoms with Crippen molar-refractivity contribution in [1.29, 1.82) is 0 Å². The van der Waals surface area contributed by atoms with Crippen molar-refractivity contribution in [2.45, 2.75) is 26.3 Å². The molecule has 3 rings (SSSR count). The van der Waals surface area contributed by atoms with Gasteiger partial charge in [-0.2, -0.15) is 0 Å². The number of carbonyl (C=O) groups is 1. The number of hydrogen-bond donors (Lipinski definition) is 2. The smallest absolute Gasteiger partial charge is 0.238 e. The summed E-state index contributed by atoms with van der Waals surface area (Å²) >= 11 is 0. The van der Waals surface area contributed by atoms with Gasteiger partial charge < -0.3 is 10.6 Å². The van der Waals surface area contributed by atoms with E-state index in [0.717, 1.165) is 56.1 Å². The lowest BCUT2D eigenvalue weighted by molar-refractivity contribution is -0.117. The molecule has 24 heavy (non-hydrogen) atoms. The zero-order valence-corrected chi connectivity index (χ0v) is 15.5. The summed E-state index contributed by atoms with van der Waals surface area (Å²) in [7, 11) is 0. The molecule has 6 heteroatoms. The molecule has 2 N–H and O–H groups in total. The Labute approximate surface area is 151 Å². The normalized spacial score (nSPS) is 22.2. The second kappa shape index (κ2) is 8.81. The highest BCUT2D eigenvalue weighted by molar-refractivity contribution is 5.93. The first kappa shape index (κ1) is 19.2. The molecule has 1 unspecified atom stereocenters. The van der Waals surface area contributed by atoms with E-state index >= 15 is 0 Å². The van der Waals surface area contributed by atoms with Gasteiger partial charge in [0.05, 0.1) is 6.54 Å². The van der Waals surface area contributed by atoms with Gasteiger partial charge in [0.1, 0.15) is 0 Å². The molecule has 2 heterocycles. The van der Waals surface area contributed by atoms with Crippen LogP contribution in [-0.4, -0.2) is 67.6 Å². The highest BCUT2D eigenvalue weighted by atomic mass is 35.5. The first-order valence-corrected chi connectivity index (χ1v) is 8.66. The molecule has 2 aliphatic heterocycles. The summed E-state index contributed by atoms with van der Waals surface area (Å²) in [6.07, 6.45) is 1.26. The Morgan fingerprint density at radius 3 is 2.46 bits per heavy atom. The van der Waals surface area contributed by atoms with Crippen LogP contribution in [0.25, 0.3) is 0 Å². The second-order valence-corrected chi connectivity index (χ2v) is 6.77. The number of anilines is 1. The Bertz CT molecular complexity index is 532. The summed E-state index contributed by atoms with van der Waals surface area (Å²) in [5.41, 5.74) is 3.21. The predicted octanol–water partition coefficient (Wildman–Crippen LogP) is 1.64. The molecular formula is C18H29ClN4O. The van der Waals surface area contributed by atoms with Gasteiger partial charge in [-0.15, -0.1) is 12.4 Å². The molecule has 1 aromatic carbocycles. The number of hydrogen-bond acceptors (Lipinski definition) is 4. The van der Waals surface area contributed by atoms with Crippen molar-refractivity contribution in [3.05, 3.63) is 29.3 Å². The van der Waals surface area contributed by atoms with Gasteiger partial charge in [-0.25, -0.2) is 0 Å². The van der Waals surface area contributed by atoms with Gasteiger partial charge >= 0.3 is 0 Å². The van der Waals surface area contributed by atoms with E-state index in [1.54, 1.807) is 0 Å². The number of rotatable bonds is 4. The summed E-state index contributed by atoms with van der Waals surface area (Å²) in [5.74, 6) is 0.0957. The van der Waals surface area contributed by atoms with E-state index in [1.165, 1.54) is 6.42 Å². The topological polar surface area (TPSA) is 47.6 Å². The largest absolute Gasteiger partial charge is 0.324 e. The molecule has 2 saturated heterocycles. The van der Waals surface area contributed by atoms with Crippen LogP contribution < -0.4 is 10.6 Å². The average molecular weight is 353 g/mol. The fraction of sp³-hybridized carbons (Fsp3) is 0.611. The Hall–Kier alpha value is -1.14. The molecule has 2 aliphatic rings. The summed E-state index contributed by atoms with van der Waals surface area (Å²) < 4.78 is 0. The molecule has 0 aromatic heterocycles. The molecule has 1 amide bonds. The van der Waals surface area contributed by atoms with E-state index in [0.29, 0.717) is 12.6 Å². The molecule has 1 atom stereocenters. The zero-order chi connectivity index (χ0) is 16.2. The quantitative estimate of drug-likeness (QED) is 0.865. The SMILES string of the molecule is Cc1cccc(C)c1NC(=O)CN1CCN(C2CCNC2)CC1.Cl. The minimum absolute atomic E-state index is 0. The van der Waals surface area contributed by atoms with E-state index in [2.05, 4.69) is 20.4 Å². The Kier molecular flexibility index (Phi) is 7.04. The van der Waals surface area contributed by atoms with Crippen LogP contribution in [0.1, 0.15) is 17.5 Å². The Balaban J connectivity index is 0.00000208. The number of nitrogens with zero attached hydrogens (tertiary/aromatic N) is 2. The number of carbonyl (C=O) groups excluding carboxylic acids is 1. The van der Waals surface area contributed by atoms with Gasteiger partial charge in [-0.1, -0.05) is 18.2 Å². The summed E-state index contributed by atoms with van der Waals surface area (Å²) in [4.78, 5) is 17.2. The third-order valence-corrected chi connectivity index (χ3v) is 5.07. The van der Waals surface area contributed by atoms with Crippen LogP contribution in [0.5, 0.6) is 0 Å². The third kappa shape index (κ3) is 4.70. The number of benzene rings is 1. The second-order valence-electron chi connectivity index (χ2n) is 6.77. The van der Waals surface area contributed by atoms with Crippen LogP contribution in [0, 0.1) is 13.8 Å². The summed E-state index contributed by atoms with van der Waals surface area (Å²) in [6.45, 7) is 10.9. The van der Waals surface area contributed by atoms with Crippen molar-refractivity contribution < 1.29 is 4.79 Å². The van der Waals surface area contributed by atoms with Crippen molar-refractivity contribution in [2.24, 2.45) is 0 Å². The van der Waals surface area contributed by atoms with Crippen molar-refractivity contribution in [2.75, 3.05) is 51.1 Å². The zero-order valence-electron chi connectivity index (χ0n) is 14.7. The Morgan fingerprint density at radius 2 is 1.88 bits per heavy atom. The molecule has 134 valence electrons. The number of para-hydroxylation sites is 1. The van der Waals surface area contributed by atoms with Gasteiger partial charge in [-0.3, -0.25) is 14.6 Å². The molecule has 0 bridgehead atoms. The van der Waals surface area contributed by atoms with Crippen molar-refractivity contribution >= 4 is 24.0 Å². The van der Waals surface area contributed by atoms with Gasteiger partial charge in [-0.05, 0) is 37.9 Å².